The Balaban J connectivity index is 0.000000128. The SMILES string of the molecule is COC(=O)c1sc2ncnc3c2c1NC(=O)N3c1c(Cl)ccc2c1OCO2.O=C(Nc1ccc(CN2CCCC2)cc1)c1sc2ncnc3c2c1NC(=O)N3c1cc(OCc2cccc(F)c2)c(Cl)cc1Cl.O=C(Nc1ccc(CN2CCOCC2)cc1)c1sc2ncnc3c2c1NC(=O)N3c1ccc(Br)cc1F. The summed E-state index contributed by atoms with van der Waals surface area (Å²) >= 11 is 26.0. The molecule has 6 aromatic heterocycles. The fourth-order valence-electron chi connectivity index (χ4n) is 13.0. The summed E-state index contributed by atoms with van der Waals surface area (Å²) in [5.41, 5.74) is 5.76. The maximum atomic E-state index is 14.7. The van der Waals surface area contributed by atoms with Crippen molar-refractivity contribution in [1.29, 1.82) is 0 Å². The van der Waals surface area contributed by atoms with Crippen LogP contribution < -0.4 is 55.5 Å². The van der Waals surface area contributed by atoms with Crippen molar-refractivity contribution in [3.8, 4) is 17.2 Å². The highest BCUT2D eigenvalue weighted by atomic mass is 79.9. The Hall–Kier alpha value is -10.9. The minimum Gasteiger partial charge on any atom is -0.487 e. The number of nitrogens with one attached hydrogen (secondary N) is 5. The van der Waals surface area contributed by atoms with Gasteiger partial charge in [-0.3, -0.25) is 19.4 Å². The van der Waals surface area contributed by atoms with Crippen LogP contribution in [0.5, 0.6) is 17.2 Å². The lowest BCUT2D eigenvalue weighted by molar-refractivity contribution is 0.0342. The molecule has 0 spiro atoms. The highest BCUT2D eigenvalue weighted by Gasteiger charge is 2.40. The summed E-state index contributed by atoms with van der Waals surface area (Å²) in [6.07, 6.45) is 6.40. The number of likely N-dealkylation sites (tertiary alicyclic amines) is 1. The number of benzene rings is 6. The number of thiophene rings is 3. The van der Waals surface area contributed by atoms with Crippen LogP contribution in [0.15, 0.2) is 139 Å². The van der Waals surface area contributed by atoms with Crippen LogP contribution in [0, 0.1) is 11.6 Å². The number of nitrogens with zero attached hydrogens (tertiary/aromatic N) is 11. The van der Waals surface area contributed by atoms with Crippen LogP contribution in [0.25, 0.3) is 30.6 Å². The Bertz CT molecular complexity index is 5700. The summed E-state index contributed by atoms with van der Waals surface area (Å²) in [6, 6.07) is 30.4. The lowest BCUT2D eigenvalue weighted by Gasteiger charge is -2.28. The fraction of sp³-hybridized carbons (Fsp3) is 0.178. The van der Waals surface area contributed by atoms with Gasteiger partial charge in [-0.2, -0.15) is 0 Å². The molecule has 27 nitrogen and oxygen atoms in total. The molecule has 6 aliphatic heterocycles. The van der Waals surface area contributed by atoms with Gasteiger partial charge in [0.1, 0.15) is 77.8 Å². The van der Waals surface area contributed by atoms with Gasteiger partial charge in [-0.05, 0) is 115 Å². The van der Waals surface area contributed by atoms with Crippen molar-refractivity contribution in [3.05, 3.63) is 197 Å². The first-order valence-electron chi connectivity index (χ1n) is 33.4. The van der Waals surface area contributed by atoms with Crippen LogP contribution in [-0.2, 0) is 29.2 Å². The quantitative estimate of drug-likeness (QED) is 0.0596. The van der Waals surface area contributed by atoms with Gasteiger partial charge < -0.3 is 50.3 Å². The van der Waals surface area contributed by atoms with Crippen LogP contribution in [0.1, 0.15) is 58.5 Å². The maximum Gasteiger partial charge on any atom is 0.350 e. The molecule has 18 rings (SSSR count). The third kappa shape index (κ3) is 14.4. The molecule has 8 amide bonds. The van der Waals surface area contributed by atoms with Crippen molar-refractivity contribution in [2.24, 2.45) is 0 Å². The van der Waals surface area contributed by atoms with Crippen molar-refractivity contribution in [1.82, 2.24) is 39.7 Å². The Kier molecular flexibility index (Phi) is 20.4. The molecule has 12 heterocycles. The highest BCUT2D eigenvalue weighted by molar-refractivity contribution is 9.10. The minimum absolute atomic E-state index is 0.0213. The van der Waals surface area contributed by atoms with Crippen LogP contribution >= 0.6 is 84.7 Å². The average molecular weight is 1650 g/mol. The first-order chi connectivity index (χ1) is 52.9. The fourth-order valence-corrected chi connectivity index (χ4v) is 17.1. The van der Waals surface area contributed by atoms with E-state index in [2.05, 4.69) is 82.2 Å². The van der Waals surface area contributed by atoms with E-state index in [-0.39, 0.29) is 85.6 Å². The van der Waals surface area contributed by atoms with E-state index in [1.807, 2.05) is 48.5 Å². The molecule has 0 saturated carbocycles. The number of hydrogen-bond acceptors (Lipinski definition) is 22. The van der Waals surface area contributed by atoms with Gasteiger partial charge in [0.15, 0.2) is 29.0 Å². The summed E-state index contributed by atoms with van der Waals surface area (Å²) in [4.78, 5) is 115. The Morgan fingerprint density at radius 1 is 0.569 bits per heavy atom. The molecule has 6 aromatic carbocycles. The predicted molar refractivity (Wildman–Crippen MR) is 415 cm³/mol. The van der Waals surface area contributed by atoms with Crippen LogP contribution in [0.3, 0.4) is 0 Å². The van der Waals surface area contributed by atoms with Crippen molar-refractivity contribution in [2.45, 2.75) is 32.5 Å². The van der Waals surface area contributed by atoms with Crippen LogP contribution in [-0.4, -0.2) is 129 Å². The first kappa shape index (κ1) is 72.4. The summed E-state index contributed by atoms with van der Waals surface area (Å²) in [5.74, 6) is -0.498. The molecular formula is C73H54BrCl3F2N16O11S3. The number of carbonyl (C=O) groups is 6. The number of urea groups is 3. The highest BCUT2D eigenvalue weighted by Crippen LogP contribution is 2.53. The molecule has 0 unspecified atom stereocenters. The normalized spacial score (nSPS) is 14.9. The molecule has 552 valence electrons. The number of fused-ring (bicyclic) bond motifs is 1. The standard InChI is InChI=1S/C32H25Cl2FN6O3S.C25H20BrFN6O3S.C16H9ClN4O5S/c33-22-13-23(34)25(44-16-19-4-3-5-20(35)12-19)14-24(22)41-29-26-27(39-32(41)43)28(45-31(26)37-17-36-29)30(42)38-21-8-6-18(7-9-21)15-40-10-1-2-11-40;26-15-3-6-18(17(27)11-15)33-22-19-20(31-25(33)35)21(37-24(19)29-13-28-22)23(34)30-16-4-1-14(2-5-16)12-32-7-9-36-10-8-32;1-24-15(22)12-9-8-13(18-4-19-14(8)27-12)21(16(23)20-9)10-6(17)2-3-7-11(10)26-5-25-7/h3-9,12-14,17H,1-2,10-11,15-16H2,(H,38,42)(H,39,43);1-6,11,13H,7-10,12H2,(H,30,34)(H,31,35);2-4H,5H2,1H3,(H,20,23). The second-order valence-electron chi connectivity index (χ2n) is 24.9. The second kappa shape index (κ2) is 30.7. The lowest BCUT2D eigenvalue weighted by Crippen LogP contribution is -2.35. The number of morpholine rings is 1. The predicted octanol–water partition coefficient (Wildman–Crippen LogP) is 17.2. The number of aromatic nitrogens is 6. The molecular weight excluding hydrogens is 1600 g/mol. The van der Waals surface area contributed by atoms with Gasteiger partial charge in [0.05, 0.1) is 80.0 Å². The number of ether oxygens (including phenoxy) is 5. The summed E-state index contributed by atoms with van der Waals surface area (Å²) in [5, 5.41) is 16.3. The lowest BCUT2D eigenvalue weighted by atomic mass is 10.1. The molecule has 2 saturated heterocycles. The number of anilines is 11. The molecule has 0 bridgehead atoms. The molecule has 5 N–H and O–H groups in total. The van der Waals surface area contributed by atoms with Gasteiger partial charge in [-0.1, -0.05) is 87.1 Å². The number of amides is 8. The number of methoxy groups -OCH3 is 1. The van der Waals surface area contributed by atoms with Gasteiger partial charge in [0.2, 0.25) is 6.79 Å². The number of rotatable bonds is 15. The van der Waals surface area contributed by atoms with Crippen LogP contribution in [0.4, 0.5) is 86.1 Å². The third-order valence-electron chi connectivity index (χ3n) is 18.0. The topological polar surface area (TPSA) is 302 Å². The van der Waals surface area contributed by atoms with E-state index in [1.165, 1.54) is 90.7 Å². The van der Waals surface area contributed by atoms with E-state index in [0.717, 1.165) is 97.0 Å². The zero-order valence-corrected chi connectivity index (χ0v) is 62.9. The number of carbonyl (C=O) groups excluding carboxylic acids is 6. The molecule has 0 radical (unpaired) electrons. The molecule has 109 heavy (non-hydrogen) atoms. The van der Waals surface area contributed by atoms with E-state index in [4.69, 9.17) is 58.5 Å². The molecule has 2 fully saturated rings. The zero-order valence-electron chi connectivity index (χ0n) is 56.6. The van der Waals surface area contributed by atoms with E-state index in [9.17, 15) is 37.5 Å². The smallest absolute Gasteiger partial charge is 0.350 e. The van der Waals surface area contributed by atoms with Gasteiger partial charge in [0.25, 0.3) is 11.8 Å². The van der Waals surface area contributed by atoms with Crippen molar-refractivity contribution < 1.29 is 61.2 Å². The summed E-state index contributed by atoms with van der Waals surface area (Å²) < 4.78 is 55.9. The van der Waals surface area contributed by atoms with E-state index < -0.39 is 29.9 Å². The van der Waals surface area contributed by atoms with Gasteiger partial charge in [-0.15, -0.1) is 34.0 Å². The summed E-state index contributed by atoms with van der Waals surface area (Å²) in [6.45, 7) is 7.26. The number of halogens is 6. The van der Waals surface area contributed by atoms with E-state index in [0.29, 0.717) is 96.1 Å². The zero-order chi connectivity index (χ0) is 75.3. The van der Waals surface area contributed by atoms with Crippen molar-refractivity contribution >= 4 is 214 Å². The van der Waals surface area contributed by atoms with Gasteiger partial charge in [0, 0.05) is 48.1 Å². The Morgan fingerprint density at radius 3 is 1.66 bits per heavy atom. The molecule has 6 aliphatic rings. The maximum absolute atomic E-state index is 14.7. The number of hydrogen-bond donors (Lipinski definition) is 5. The largest absolute Gasteiger partial charge is 0.487 e. The Morgan fingerprint density at radius 2 is 1.10 bits per heavy atom. The Labute approximate surface area is 651 Å². The van der Waals surface area contributed by atoms with Gasteiger partial charge in [-0.25, -0.2) is 72.6 Å². The van der Waals surface area contributed by atoms with Crippen molar-refractivity contribution in [3.63, 3.8) is 0 Å². The van der Waals surface area contributed by atoms with E-state index >= 15 is 0 Å². The third-order valence-corrected chi connectivity index (χ3v) is 22.7. The molecule has 0 atom stereocenters. The van der Waals surface area contributed by atoms with Crippen LogP contribution in [0.2, 0.25) is 15.1 Å². The van der Waals surface area contributed by atoms with Crippen molar-refractivity contribution in [2.75, 3.05) is 94.6 Å². The molecule has 0 aliphatic carbocycles. The van der Waals surface area contributed by atoms with E-state index in [1.54, 1.807) is 30.3 Å². The average Bonchev–Trinajstić information content (AvgIpc) is 1.56. The van der Waals surface area contributed by atoms with Gasteiger partial charge >= 0.3 is 24.1 Å². The first-order valence-corrected chi connectivity index (χ1v) is 37.8. The molecule has 12 aromatic rings. The second-order valence-corrected chi connectivity index (χ2v) is 30.0. The summed E-state index contributed by atoms with van der Waals surface area (Å²) in [7, 11) is 1.27. The minimum atomic E-state index is -0.617. The monoisotopic (exact) mass is 1650 g/mol. The number of esters is 1. The molecule has 36 heteroatoms.